The minimum atomic E-state index is -1.03. The van der Waals surface area contributed by atoms with Crippen LogP contribution in [0, 0.1) is 6.92 Å². The zero-order valence-corrected chi connectivity index (χ0v) is 15.2. The molecule has 0 aliphatic carbocycles. The minimum Gasteiger partial charge on any atom is -0.477 e. The van der Waals surface area contributed by atoms with Crippen molar-refractivity contribution in [3.05, 3.63) is 96.2 Å². The molecule has 0 saturated carbocycles. The first-order valence-electron chi connectivity index (χ1n) is 8.84. The van der Waals surface area contributed by atoms with Crippen molar-refractivity contribution in [3.8, 4) is 28.4 Å². The molecule has 138 valence electrons. The molecule has 0 radical (unpaired) electrons. The molecule has 1 aromatic heterocycles. The first-order chi connectivity index (χ1) is 13.6. The molecule has 0 bridgehead atoms. The van der Waals surface area contributed by atoms with Gasteiger partial charge >= 0.3 is 5.97 Å². The number of para-hydroxylation sites is 1. The van der Waals surface area contributed by atoms with Gasteiger partial charge in [-0.1, -0.05) is 35.9 Å². The van der Waals surface area contributed by atoms with E-state index in [1.807, 2.05) is 85.8 Å². The van der Waals surface area contributed by atoms with Crippen molar-refractivity contribution in [2.45, 2.75) is 6.92 Å². The fraction of sp³-hybridized carbons (Fsp3) is 0.0435. The molecule has 0 atom stereocenters. The Kier molecular flexibility index (Phi) is 4.64. The van der Waals surface area contributed by atoms with Crippen molar-refractivity contribution in [2.75, 3.05) is 0 Å². The maximum atomic E-state index is 11.6. The summed E-state index contributed by atoms with van der Waals surface area (Å²) < 4.78 is 7.28. The Bertz CT molecular complexity index is 1100. The Labute approximate surface area is 162 Å². The molecule has 0 fully saturated rings. The summed E-state index contributed by atoms with van der Waals surface area (Å²) in [6, 6.07) is 26.0. The van der Waals surface area contributed by atoms with Crippen LogP contribution in [0.3, 0.4) is 0 Å². The average molecular weight is 370 g/mol. The Morgan fingerprint density at radius 2 is 1.50 bits per heavy atom. The lowest BCUT2D eigenvalue weighted by Crippen LogP contribution is -2.07. The number of carbonyl (C=O) groups is 1. The summed E-state index contributed by atoms with van der Waals surface area (Å²) in [7, 11) is 0. The third kappa shape index (κ3) is 3.64. The SMILES string of the molecule is Cc1ccc(Oc2ccc(-c3cc(C(=O)O)n(-c4ccccc4)n3)cc2)cc1. The highest BCUT2D eigenvalue weighted by atomic mass is 16.5. The number of aromatic carboxylic acids is 1. The van der Waals surface area contributed by atoms with E-state index in [0.29, 0.717) is 17.1 Å². The van der Waals surface area contributed by atoms with Crippen molar-refractivity contribution in [1.29, 1.82) is 0 Å². The molecule has 4 aromatic rings. The van der Waals surface area contributed by atoms with Gasteiger partial charge in [0.05, 0.1) is 11.4 Å². The normalized spacial score (nSPS) is 10.6. The summed E-state index contributed by atoms with van der Waals surface area (Å²) in [5.74, 6) is 0.440. The summed E-state index contributed by atoms with van der Waals surface area (Å²) in [6.07, 6.45) is 0. The lowest BCUT2D eigenvalue weighted by atomic mass is 10.1. The Morgan fingerprint density at radius 1 is 0.893 bits per heavy atom. The minimum absolute atomic E-state index is 0.112. The van der Waals surface area contributed by atoms with E-state index in [1.54, 1.807) is 6.07 Å². The zero-order chi connectivity index (χ0) is 19.5. The highest BCUT2D eigenvalue weighted by Crippen LogP contribution is 2.27. The maximum absolute atomic E-state index is 11.6. The Balaban J connectivity index is 1.62. The van der Waals surface area contributed by atoms with Crippen LogP contribution in [0.1, 0.15) is 16.1 Å². The van der Waals surface area contributed by atoms with E-state index in [2.05, 4.69) is 5.10 Å². The number of carboxylic acids is 1. The molecule has 0 aliphatic rings. The predicted octanol–water partition coefficient (Wildman–Crippen LogP) is 5.34. The highest BCUT2D eigenvalue weighted by Gasteiger charge is 2.16. The van der Waals surface area contributed by atoms with Crippen LogP contribution in [-0.4, -0.2) is 20.9 Å². The summed E-state index contributed by atoms with van der Waals surface area (Å²) >= 11 is 0. The third-order valence-electron chi connectivity index (χ3n) is 4.34. The van der Waals surface area contributed by atoms with E-state index in [0.717, 1.165) is 11.3 Å². The molecule has 5 heteroatoms. The number of hydrogen-bond acceptors (Lipinski definition) is 3. The summed E-state index contributed by atoms with van der Waals surface area (Å²) in [5, 5.41) is 14.0. The number of aromatic nitrogens is 2. The second-order valence-corrected chi connectivity index (χ2v) is 6.41. The first-order valence-corrected chi connectivity index (χ1v) is 8.84. The lowest BCUT2D eigenvalue weighted by molar-refractivity contribution is 0.0687. The van der Waals surface area contributed by atoms with Crippen molar-refractivity contribution >= 4 is 5.97 Å². The highest BCUT2D eigenvalue weighted by molar-refractivity contribution is 5.88. The monoisotopic (exact) mass is 370 g/mol. The zero-order valence-electron chi connectivity index (χ0n) is 15.2. The smallest absolute Gasteiger partial charge is 0.354 e. The number of aryl methyl sites for hydroxylation is 1. The van der Waals surface area contributed by atoms with Crippen molar-refractivity contribution in [2.24, 2.45) is 0 Å². The van der Waals surface area contributed by atoms with Gasteiger partial charge in [0.25, 0.3) is 0 Å². The van der Waals surface area contributed by atoms with Gasteiger partial charge in [-0.25, -0.2) is 9.48 Å². The number of hydrogen-bond donors (Lipinski definition) is 1. The largest absolute Gasteiger partial charge is 0.477 e. The number of carboxylic acid groups (broad SMARTS) is 1. The lowest BCUT2D eigenvalue weighted by Gasteiger charge is -2.06. The van der Waals surface area contributed by atoms with E-state index in [-0.39, 0.29) is 5.69 Å². The molecular formula is C23H18N2O3. The van der Waals surface area contributed by atoms with Gasteiger partial charge in [0.2, 0.25) is 0 Å². The van der Waals surface area contributed by atoms with Crippen LogP contribution in [0.4, 0.5) is 0 Å². The quantitative estimate of drug-likeness (QED) is 0.515. The van der Waals surface area contributed by atoms with Crippen molar-refractivity contribution in [3.63, 3.8) is 0 Å². The summed E-state index contributed by atoms with van der Waals surface area (Å²) in [4.78, 5) is 11.6. The summed E-state index contributed by atoms with van der Waals surface area (Å²) in [5.41, 5.74) is 3.38. The van der Waals surface area contributed by atoms with Gasteiger partial charge in [-0.15, -0.1) is 0 Å². The van der Waals surface area contributed by atoms with Gasteiger partial charge < -0.3 is 9.84 Å². The van der Waals surface area contributed by atoms with E-state index >= 15 is 0 Å². The van der Waals surface area contributed by atoms with Crippen LogP contribution < -0.4 is 4.74 Å². The molecule has 1 N–H and O–H groups in total. The van der Waals surface area contributed by atoms with Crippen LogP contribution in [0.15, 0.2) is 84.9 Å². The Hall–Kier alpha value is -3.86. The molecule has 3 aromatic carbocycles. The van der Waals surface area contributed by atoms with Gasteiger partial charge in [-0.05, 0) is 61.5 Å². The topological polar surface area (TPSA) is 64.3 Å². The third-order valence-corrected chi connectivity index (χ3v) is 4.34. The van der Waals surface area contributed by atoms with Crippen LogP contribution in [0.5, 0.6) is 11.5 Å². The van der Waals surface area contributed by atoms with Gasteiger partial charge in [0.1, 0.15) is 11.5 Å². The Morgan fingerprint density at radius 3 is 2.11 bits per heavy atom. The fourth-order valence-electron chi connectivity index (χ4n) is 2.88. The number of benzene rings is 3. The number of ether oxygens (including phenoxy) is 1. The molecule has 0 aliphatic heterocycles. The fourth-order valence-corrected chi connectivity index (χ4v) is 2.88. The van der Waals surface area contributed by atoms with Crippen molar-refractivity contribution in [1.82, 2.24) is 9.78 Å². The van der Waals surface area contributed by atoms with Crippen molar-refractivity contribution < 1.29 is 14.6 Å². The molecule has 28 heavy (non-hydrogen) atoms. The molecule has 0 unspecified atom stereocenters. The molecule has 1 heterocycles. The average Bonchev–Trinajstić information content (AvgIpc) is 3.17. The second-order valence-electron chi connectivity index (χ2n) is 6.41. The van der Waals surface area contributed by atoms with Gasteiger partial charge in [0.15, 0.2) is 5.69 Å². The molecule has 0 saturated heterocycles. The van der Waals surface area contributed by atoms with Gasteiger partial charge in [-0.3, -0.25) is 0 Å². The van der Waals surface area contributed by atoms with E-state index in [4.69, 9.17) is 4.74 Å². The van der Waals surface area contributed by atoms with Gasteiger partial charge in [-0.2, -0.15) is 5.10 Å². The molecule has 0 amide bonds. The molecule has 0 spiro atoms. The molecular weight excluding hydrogens is 352 g/mol. The standard InChI is InChI=1S/C23H18N2O3/c1-16-7-11-19(12-8-16)28-20-13-9-17(10-14-20)21-15-22(23(26)27)25(24-21)18-5-3-2-4-6-18/h2-15H,1H3,(H,26,27). The maximum Gasteiger partial charge on any atom is 0.354 e. The van der Waals surface area contributed by atoms with Crippen LogP contribution >= 0.6 is 0 Å². The number of rotatable bonds is 5. The van der Waals surface area contributed by atoms with Gasteiger partial charge in [0, 0.05) is 5.56 Å². The van der Waals surface area contributed by atoms with E-state index in [9.17, 15) is 9.90 Å². The predicted molar refractivity (Wildman–Crippen MR) is 107 cm³/mol. The molecule has 4 rings (SSSR count). The van der Waals surface area contributed by atoms with Crippen LogP contribution in [-0.2, 0) is 0 Å². The second kappa shape index (κ2) is 7.40. The summed E-state index contributed by atoms with van der Waals surface area (Å²) in [6.45, 7) is 2.03. The molecule has 5 nitrogen and oxygen atoms in total. The first kappa shape index (κ1) is 17.5. The number of nitrogens with zero attached hydrogens (tertiary/aromatic N) is 2. The van der Waals surface area contributed by atoms with E-state index in [1.165, 1.54) is 10.2 Å². The van der Waals surface area contributed by atoms with E-state index < -0.39 is 5.97 Å². The van der Waals surface area contributed by atoms with Crippen LogP contribution in [0.25, 0.3) is 16.9 Å². The van der Waals surface area contributed by atoms with Crippen LogP contribution in [0.2, 0.25) is 0 Å².